The Hall–Kier alpha value is -2.66. The van der Waals surface area contributed by atoms with Crippen molar-refractivity contribution < 1.29 is 14.1 Å². The third-order valence-electron chi connectivity index (χ3n) is 7.24. The van der Waals surface area contributed by atoms with Crippen LogP contribution in [-0.4, -0.2) is 12.5 Å². The number of anilines is 1. The van der Waals surface area contributed by atoms with Crippen molar-refractivity contribution in [3.05, 3.63) is 76.2 Å². The predicted octanol–water partition coefficient (Wildman–Crippen LogP) is 9.03. The van der Waals surface area contributed by atoms with Crippen molar-refractivity contribution in [3.63, 3.8) is 0 Å². The standard InChI is InChI=1S/C34H49N2O2S/c1-4-5-6-7-8-9-10-11-12-13-14-17-23-38-33-21-18-19-31(24-33)26-36(30(3)37)34-22-16-15-20-32(34)27-35-25-29(2)39-28-35/h15-16,18-22,24-25,28H,4-14,17,23,26-27H2,1-3H3/q+1. The van der Waals surface area contributed by atoms with Gasteiger partial charge in [-0.2, -0.15) is 4.57 Å². The molecule has 0 bridgehead atoms. The molecule has 0 fully saturated rings. The number of carbonyl (C=O) groups excluding carboxylic acids is 1. The minimum absolute atomic E-state index is 0.0387. The maximum atomic E-state index is 12.7. The van der Waals surface area contributed by atoms with E-state index < -0.39 is 0 Å². The van der Waals surface area contributed by atoms with Gasteiger partial charge in [-0.3, -0.25) is 4.79 Å². The summed E-state index contributed by atoms with van der Waals surface area (Å²) in [7, 11) is 0. The lowest BCUT2D eigenvalue weighted by Crippen LogP contribution is -2.34. The quantitative estimate of drug-likeness (QED) is 0.110. The number of para-hydroxylation sites is 1. The first-order valence-electron chi connectivity index (χ1n) is 15.1. The summed E-state index contributed by atoms with van der Waals surface area (Å²) in [6.07, 6.45) is 18.3. The smallest absolute Gasteiger partial charge is 0.225 e. The third kappa shape index (κ3) is 11.5. The third-order valence-corrected chi connectivity index (χ3v) is 8.10. The van der Waals surface area contributed by atoms with Gasteiger partial charge in [0, 0.05) is 12.5 Å². The van der Waals surface area contributed by atoms with E-state index in [1.165, 1.54) is 75.5 Å². The number of aryl methyl sites for hydroxylation is 1. The van der Waals surface area contributed by atoms with Gasteiger partial charge in [-0.15, -0.1) is 0 Å². The van der Waals surface area contributed by atoms with E-state index in [1.807, 2.05) is 35.2 Å². The van der Waals surface area contributed by atoms with E-state index in [9.17, 15) is 4.79 Å². The molecule has 3 rings (SSSR count). The molecule has 5 heteroatoms. The molecule has 212 valence electrons. The van der Waals surface area contributed by atoms with Crippen molar-refractivity contribution in [1.82, 2.24) is 0 Å². The zero-order valence-corrected chi connectivity index (χ0v) is 25.3. The fourth-order valence-electron chi connectivity index (χ4n) is 5.05. The highest BCUT2D eigenvalue weighted by Gasteiger charge is 2.18. The average molecular weight is 550 g/mol. The molecule has 0 aliphatic rings. The molecule has 1 aromatic heterocycles. The summed E-state index contributed by atoms with van der Waals surface area (Å²) in [6.45, 7) is 8.05. The second kappa shape index (κ2) is 17.8. The molecule has 0 atom stereocenters. The van der Waals surface area contributed by atoms with Gasteiger partial charge in [0.25, 0.3) is 0 Å². The molecule has 0 unspecified atom stereocenters. The number of hydrogen-bond acceptors (Lipinski definition) is 3. The number of aromatic nitrogens is 1. The molecule has 0 N–H and O–H groups in total. The number of nitrogens with zero attached hydrogens (tertiary/aromatic N) is 2. The second-order valence-electron chi connectivity index (χ2n) is 10.8. The van der Waals surface area contributed by atoms with Crippen LogP contribution in [0, 0.1) is 6.92 Å². The van der Waals surface area contributed by atoms with Gasteiger partial charge in [0.15, 0.2) is 12.7 Å². The van der Waals surface area contributed by atoms with Crippen LogP contribution >= 0.6 is 11.3 Å². The van der Waals surface area contributed by atoms with Gasteiger partial charge in [0.2, 0.25) is 11.4 Å². The largest absolute Gasteiger partial charge is 0.494 e. The van der Waals surface area contributed by atoms with Crippen molar-refractivity contribution >= 4 is 22.9 Å². The van der Waals surface area contributed by atoms with Crippen molar-refractivity contribution in [2.45, 2.75) is 111 Å². The Morgan fingerprint density at radius 2 is 1.54 bits per heavy atom. The van der Waals surface area contributed by atoms with Crippen LogP contribution in [0.3, 0.4) is 0 Å². The molecule has 0 aliphatic carbocycles. The molecule has 1 heterocycles. The van der Waals surface area contributed by atoms with E-state index in [4.69, 9.17) is 4.74 Å². The first-order chi connectivity index (χ1) is 19.1. The Balaban J connectivity index is 1.42. The maximum absolute atomic E-state index is 12.7. The number of carbonyl (C=O) groups is 1. The Kier molecular flexibility index (Phi) is 14.1. The monoisotopic (exact) mass is 549 g/mol. The van der Waals surface area contributed by atoms with Crippen LogP contribution in [0.1, 0.15) is 107 Å². The zero-order chi connectivity index (χ0) is 27.7. The minimum Gasteiger partial charge on any atom is -0.494 e. The number of hydrogen-bond donors (Lipinski definition) is 0. The fraction of sp³-hybridized carbons (Fsp3) is 0.529. The molecular formula is C34H49N2O2S+. The van der Waals surface area contributed by atoms with Gasteiger partial charge in [0.1, 0.15) is 5.75 Å². The number of rotatable bonds is 19. The van der Waals surface area contributed by atoms with E-state index in [-0.39, 0.29) is 5.91 Å². The Morgan fingerprint density at radius 3 is 2.18 bits per heavy atom. The maximum Gasteiger partial charge on any atom is 0.225 e. The summed E-state index contributed by atoms with van der Waals surface area (Å²) in [4.78, 5) is 15.9. The summed E-state index contributed by atoms with van der Waals surface area (Å²) in [5.74, 6) is 0.924. The average Bonchev–Trinajstić information content (AvgIpc) is 3.35. The number of ether oxygens (including phenoxy) is 1. The predicted molar refractivity (Wildman–Crippen MR) is 165 cm³/mol. The van der Waals surface area contributed by atoms with E-state index in [2.05, 4.69) is 48.3 Å². The molecule has 0 saturated heterocycles. The summed E-state index contributed by atoms with van der Waals surface area (Å²) in [5, 5.41) is 0. The Labute approximate surface area is 241 Å². The van der Waals surface area contributed by atoms with Crippen molar-refractivity contribution in [2.75, 3.05) is 11.5 Å². The number of thiazole rings is 1. The minimum atomic E-state index is 0.0387. The van der Waals surface area contributed by atoms with Gasteiger partial charge in [-0.05, 0) is 37.1 Å². The number of unbranched alkanes of at least 4 members (excludes halogenated alkanes) is 11. The molecule has 0 radical (unpaired) electrons. The van der Waals surface area contributed by atoms with Crippen LogP contribution in [0.4, 0.5) is 5.69 Å². The number of benzene rings is 2. The molecule has 0 saturated carbocycles. The van der Waals surface area contributed by atoms with E-state index in [0.29, 0.717) is 6.54 Å². The van der Waals surface area contributed by atoms with Crippen LogP contribution in [-0.2, 0) is 17.9 Å². The number of amides is 1. The Bertz CT molecular complexity index is 1110. The van der Waals surface area contributed by atoms with E-state index in [1.54, 1.807) is 18.3 Å². The van der Waals surface area contributed by atoms with Crippen molar-refractivity contribution in [3.8, 4) is 5.75 Å². The first kappa shape index (κ1) is 30.9. The van der Waals surface area contributed by atoms with Crippen LogP contribution < -0.4 is 14.2 Å². The SMILES string of the molecule is CCCCCCCCCCCCCCOc1cccc(CN(C(C)=O)c2ccccc2C[n+]2csc(C)c2)c1. The Morgan fingerprint density at radius 1 is 0.872 bits per heavy atom. The lowest BCUT2D eigenvalue weighted by molar-refractivity contribution is -0.683. The highest BCUT2D eigenvalue weighted by atomic mass is 32.1. The zero-order valence-electron chi connectivity index (χ0n) is 24.5. The lowest BCUT2D eigenvalue weighted by Gasteiger charge is -2.23. The van der Waals surface area contributed by atoms with Gasteiger partial charge in [0.05, 0.1) is 23.7 Å². The van der Waals surface area contributed by atoms with Crippen LogP contribution in [0.15, 0.2) is 60.2 Å². The van der Waals surface area contributed by atoms with E-state index in [0.717, 1.165) is 42.1 Å². The normalized spacial score (nSPS) is 11.1. The summed E-state index contributed by atoms with van der Waals surface area (Å²) in [5.41, 5.74) is 5.30. The first-order valence-corrected chi connectivity index (χ1v) is 16.0. The molecule has 0 aliphatic heterocycles. The summed E-state index contributed by atoms with van der Waals surface area (Å²) in [6, 6.07) is 16.4. The van der Waals surface area contributed by atoms with Gasteiger partial charge < -0.3 is 9.64 Å². The topological polar surface area (TPSA) is 33.4 Å². The van der Waals surface area contributed by atoms with Crippen LogP contribution in [0.5, 0.6) is 5.75 Å². The highest BCUT2D eigenvalue weighted by Crippen LogP contribution is 2.24. The van der Waals surface area contributed by atoms with Gasteiger partial charge in [-0.25, -0.2) is 0 Å². The fourth-order valence-corrected chi connectivity index (χ4v) is 5.68. The van der Waals surface area contributed by atoms with Crippen molar-refractivity contribution in [2.24, 2.45) is 0 Å². The molecule has 39 heavy (non-hydrogen) atoms. The summed E-state index contributed by atoms with van der Waals surface area (Å²) >= 11 is 1.73. The second-order valence-corrected chi connectivity index (χ2v) is 11.8. The van der Waals surface area contributed by atoms with Crippen molar-refractivity contribution in [1.29, 1.82) is 0 Å². The molecular weight excluding hydrogens is 500 g/mol. The lowest BCUT2D eigenvalue weighted by atomic mass is 10.1. The summed E-state index contributed by atoms with van der Waals surface area (Å²) < 4.78 is 8.27. The molecule has 4 nitrogen and oxygen atoms in total. The molecule has 3 aromatic rings. The molecule has 0 spiro atoms. The molecule has 2 aromatic carbocycles. The van der Waals surface area contributed by atoms with Crippen LogP contribution in [0.2, 0.25) is 0 Å². The van der Waals surface area contributed by atoms with E-state index >= 15 is 0 Å². The highest BCUT2D eigenvalue weighted by molar-refractivity contribution is 7.09. The van der Waals surface area contributed by atoms with Gasteiger partial charge >= 0.3 is 0 Å². The molecule has 1 amide bonds. The van der Waals surface area contributed by atoms with Crippen LogP contribution in [0.25, 0.3) is 0 Å². The van der Waals surface area contributed by atoms with Gasteiger partial charge in [-0.1, -0.05) is 119 Å².